The fourth-order valence-electron chi connectivity index (χ4n) is 3.35. The molecule has 0 aromatic heterocycles. The number of carbonyl (C=O) groups excluding carboxylic acids is 1. The third-order valence-electron chi connectivity index (χ3n) is 4.68. The lowest BCUT2D eigenvalue weighted by Gasteiger charge is -2.33. The van der Waals surface area contributed by atoms with Crippen LogP contribution in [0.2, 0.25) is 5.02 Å². The highest BCUT2D eigenvalue weighted by Gasteiger charge is 2.37. The summed E-state index contributed by atoms with van der Waals surface area (Å²) in [4.78, 5) is 15.6. The first-order chi connectivity index (χ1) is 11.8. The number of alkyl halides is 1. The summed E-state index contributed by atoms with van der Waals surface area (Å²) in [6.45, 7) is 3.71. The molecule has 2 aliphatic heterocycles. The summed E-state index contributed by atoms with van der Waals surface area (Å²) in [5.41, 5.74) is 1.09. The van der Waals surface area contributed by atoms with Gasteiger partial charge in [0, 0.05) is 10.7 Å². The van der Waals surface area contributed by atoms with Crippen LogP contribution in [0.1, 0.15) is 0 Å². The monoisotopic (exact) mass is 406 g/mol. The normalized spacial score (nSPS) is 26.6. The van der Waals surface area contributed by atoms with Crippen LogP contribution >= 0.6 is 23.2 Å². The Bertz CT molecular complexity index is 736. The van der Waals surface area contributed by atoms with Crippen LogP contribution in [0.5, 0.6) is 0 Å². The molecule has 1 amide bonds. The molecule has 9 heteroatoms. The quantitative estimate of drug-likeness (QED) is 0.665. The van der Waals surface area contributed by atoms with Crippen molar-refractivity contribution in [2.45, 2.75) is 11.4 Å². The summed E-state index contributed by atoms with van der Waals surface area (Å²) < 4.78 is 23.1. The molecule has 138 valence electrons. The number of amides is 1. The molecule has 1 aromatic carbocycles. The van der Waals surface area contributed by atoms with Crippen molar-refractivity contribution < 1.29 is 18.1 Å². The van der Waals surface area contributed by atoms with Crippen LogP contribution in [0.3, 0.4) is 0 Å². The van der Waals surface area contributed by atoms with E-state index >= 15 is 0 Å². The highest BCUT2D eigenvalue weighted by molar-refractivity contribution is 7.91. The van der Waals surface area contributed by atoms with Gasteiger partial charge in [-0.1, -0.05) is 17.7 Å². The molecule has 2 atom stereocenters. The number of hydrogen-bond donors (Lipinski definition) is 2. The lowest BCUT2D eigenvalue weighted by Crippen LogP contribution is -3.16. The maximum absolute atomic E-state index is 12.2. The van der Waals surface area contributed by atoms with Crippen molar-refractivity contribution in [3.63, 3.8) is 0 Å². The van der Waals surface area contributed by atoms with Crippen molar-refractivity contribution in [1.82, 2.24) is 5.32 Å². The van der Waals surface area contributed by atoms with E-state index in [2.05, 4.69) is 10.2 Å². The highest BCUT2D eigenvalue weighted by Crippen LogP contribution is 2.19. The highest BCUT2D eigenvalue weighted by atomic mass is 35.5. The van der Waals surface area contributed by atoms with Gasteiger partial charge in [-0.2, -0.15) is 0 Å². The largest absolute Gasteiger partial charge is 0.360 e. The summed E-state index contributed by atoms with van der Waals surface area (Å²) in [5.74, 6) is -0.269. The Kier molecular flexibility index (Phi) is 5.78. The van der Waals surface area contributed by atoms with Gasteiger partial charge in [0.15, 0.2) is 16.4 Å². The molecule has 0 radical (unpaired) electrons. The smallest absolute Gasteiger partial charge is 0.275 e. The summed E-state index contributed by atoms with van der Waals surface area (Å²) in [6.07, 6.45) is 0. The topological polar surface area (TPSA) is 70.9 Å². The van der Waals surface area contributed by atoms with E-state index in [1.807, 2.05) is 24.3 Å². The number of rotatable bonds is 4. The Hall–Kier alpha value is -1.02. The predicted octanol–water partition coefficient (Wildman–Crippen LogP) is -0.434. The second-order valence-corrected chi connectivity index (χ2v) is 9.81. The van der Waals surface area contributed by atoms with Gasteiger partial charge in [0.1, 0.15) is 0 Å². The van der Waals surface area contributed by atoms with Crippen LogP contribution < -0.4 is 15.1 Å². The number of hydrogen-bond acceptors (Lipinski definition) is 4. The van der Waals surface area contributed by atoms with Gasteiger partial charge < -0.3 is 15.1 Å². The maximum atomic E-state index is 12.2. The first kappa shape index (κ1) is 18.8. The second kappa shape index (κ2) is 7.70. The summed E-state index contributed by atoms with van der Waals surface area (Å²) in [6, 6.07) is 7.28. The lowest BCUT2D eigenvalue weighted by molar-refractivity contribution is -0.892. The lowest BCUT2D eigenvalue weighted by atomic mass is 10.2. The molecule has 3 rings (SSSR count). The van der Waals surface area contributed by atoms with Crippen LogP contribution in [-0.4, -0.2) is 70.0 Å². The molecule has 0 spiro atoms. The van der Waals surface area contributed by atoms with Gasteiger partial charge >= 0.3 is 0 Å². The molecule has 2 N–H and O–H groups in total. The van der Waals surface area contributed by atoms with Crippen LogP contribution in [0.4, 0.5) is 5.69 Å². The van der Waals surface area contributed by atoms with Gasteiger partial charge in [0.25, 0.3) is 5.91 Å². The number of benzene rings is 1. The minimum absolute atomic E-state index is 0.0647. The zero-order chi connectivity index (χ0) is 18.0. The maximum Gasteiger partial charge on any atom is 0.275 e. The summed E-state index contributed by atoms with van der Waals surface area (Å²) in [5, 5.41) is 2.96. The van der Waals surface area contributed by atoms with E-state index < -0.39 is 21.3 Å². The van der Waals surface area contributed by atoms with Crippen LogP contribution in [0, 0.1) is 0 Å². The molecule has 2 heterocycles. The average molecular weight is 407 g/mol. The molecule has 25 heavy (non-hydrogen) atoms. The third-order valence-corrected chi connectivity index (χ3v) is 7.29. The second-order valence-electron chi connectivity index (χ2n) is 6.66. The molecule has 0 bridgehead atoms. The van der Waals surface area contributed by atoms with E-state index in [9.17, 15) is 13.2 Å². The first-order valence-corrected chi connectivity index (χ1v) is 10.9. The number of sulfone groups is 1. The molecule has 1 aromatic rings. The SMILES string of the molecule is O=C(C[NH+]1CCN(c2cccc(Cl)c2)CC1)N[C@@H]1CS(=O)(=O)C[C@H]1Cl. The molecular formula is C16H22Cl2N3O3S+. The van der Waals surface area contributed by atoms with E-state index in [1.54, 1.807) is 0 Å². The Morgan fingerprint density at radius 3 is 2.60 bits per heavy atom. The number of anilines is 1. The average Bonchev–Trinajstić information content (AvgIpc) is 2.80. The first-order valence-electron chi connectivity index (χ1n) is 8.30. The van der Waals surface area contributed by atoms with Crippen molar-refractivity contribution in [2.75, 3.05) is 49.1 Å². The van der Waals surface area contributed by atoms with Crippen molar-refractivity contribution in [1.29, 1.82) is 0 Å². The zero-order valence-electron chi connectivity index (χ0n) is 13.7. The third kappa shape index (κ3) is 5.00. The van der Waals surface area contributed by atoms with Crippen LogP contribution in [0.15, 0.2) is 24.3 Å². The van der Waals surface area contributed by atoms with Crippen molar-refractivity contribution in [2.24, 2.45) is 0 Å². The molecule has 0 saturated carbocycles. The number of halogens is 2. The Morgan fingerprint density at radius 2 is 2.00 bits per heavy atom. The standard InChI is InChI=1S/C16H21Cl2N3O3S/c17-12-2-1-3-13(8-12)21-6-4-20(5-7-21)9-16(22)19-15-11-25(23,24)10-14(15)18/h1-3,8,14-15H,4-7,9-11H2,(H,19,22)/p+1/t14-,15-/m1/s1. The fourth-order valence-corrected chi connectivity index (χ4v) is 6.09. The zero-order valence-corrected chi connectivity index (χ0v) is 16.1. The minimum Gasteiger partial charge on any atom is -0.360 e. The molecule has 2 aliphatic rings. The summed E-state index contributed by atoms with van der Waals surface area (Å²) >= 11 is 12.1. The summed E-state index contributed by atoms with van der Waals surface area (Å²) in [7, 11) is -3.14. The molecule has 0 unspecified atom stereocenters. The van der Waals surface area contributed by atoms with E-state index in [1.165, 1.54) is 4.90 Å². The molecule has 2 saturated heterocycles. The van der Waals surface area contributed by atoms with E-state index in [0.717, 1.165) is 31.9 Å². The number of nitrogens with zero attached hydrogens (tertiary/aromatic N) is 1. The van der Waals surface area contributed by atoms with Gasteiger partial charge in [-0.25, -0.2) is 8.42 Å². The van der Waals surface area contributed by atoms with Crippen molar-refractivity contribution >= 4 is 44.6 Å². The van der Waals surface area contributed by atoms with Crippen molar-refractivity contribution in [3.05, 3.63) is 29.3 Å². The fraction of sp³-hybridized carbons (Fsp3) is 0.562. The van der Waals surface area contributed by atoms with Gasteiger partial charge in [-0.15, -0.1) is 11.6 Å². The Labute approximate surface area is 158 Å². The molecular weight excluding hydrogens is 385 g/mol. The molecule has 0 aliphatic carbocycles. The minimum atomic E-state index is -3.14. The molecule has 6 nitrogen and oxygen atoms in total. The Morgan fingerprint density at radius 1 is 1.28 bits per heavy atom. The van der Waals surface area contributed by atoms with Gasteiger partial charge in [-0.3, -0.25) is 4.79 Å². The molecule has 2 fully saturated rings. The number of quaternary nitrogens is 1. The van der Waals surface area contributed by atoms with Crippen molar-refractivity contribution in [3.8, 4) is 0 Å². The van der Waals surface area contributed by atoms with Gasteiger partial charge in [-0.05, 0) is 18.2 Å². The predicted molar refractivity (Wildman–Crippen MR) is 99.5 cm³/mol. The Balaban J connectivity index is 1.47. The van der Waals surface area contributed by atoms with E-state index in [4.69, 9.17) is 23.2 Å². The van der Waals surface area contributed by atoms with Gasteiger partial charge in [0.2, 0.25) is 0 Å². The van der Waals surface area contributed by atoms with Crippen LogP contribution in [0.25, 0.3) is 0 Å². The van der Waals surface area contributed by atoms with E-state index in [0.29, 0.717) is 11.6 Å². The number of carbonyl (C=O) groups is 1. The van der Waals surface area contributed by atoms with Crippen LogP contribution in [-0.2, 0) is 14.6 Å². The number of nitrogens with one attached hydrogen (secondary N) is 2. The van der Waals surface area contributed by atoms with E-state index in [-0.39, 0.29) is 17.4 Å². The van der Waals surface area contributed by atoms with Gasteiger partial charge in [0.05, 0.1) is 49.1 Å². The number of piperazine rings is 1.